The molecule has 1 heterocycles. The average Bonchev–Trinajstić information content (AvgIpc) is 2.14. The van der Waals surface area contributed by atoms with Crippen LogP contribution in [0, 0.1) is 15.0 Å². The van der Waals surface area contributed by atoms with Crippen molar-refractivity contribution in [2.45, 2.75) is 12.6 Å². The van der Waals surface area contributed by atoms with Crippen LogP contribution in [-0.2, 0) is 6.18 Å². The molecule has 0 aromatic carbocycles. The smallest absolute Gasteiger partial charge is 0.239 e. The zero-order chi connectivity index (χ0) is 12.5. The summed E-state index contributed by atoms with van der Waals surface area (Å²) in [6.45, 7) is 0. The molecule has 86 valence electrons. The molecule has 8 heteroatoms. The van der Waals surface area contributed by atoms with E-state index in [1.165, 1.54) is 28.7 Å². The number of halogens is 6. The summed E-state index contributed by atoms with van der Waals surface area (Å²) in [6.07, 6.45) is -7.96. The van der Waals surface area contributed by atoms with Crippen LogP contribution in [0.5, 0.6) is 0 Å². The van der Waals surface area contributed by atoms with Gasteiger partial charge in [-0.3, -0.25) is 0 Å². The van der Waals surface area contributed by atoms with Gasteiger partial charge in [0.25, 0.3) is 6.43 Å². The number of nitriles is 1. The second-order valence-electron chi connectivity index (χ2n) is 2.67. The first-order valence-corrected chi connectivity index (χ1v) is 4.81. The Morgan fingerprint density at radius 3 is 2.31 bits per heavy atom. The van der Waals surface area contributed by atoms with Gasteiger partial charge in [0.15, 0.2) is 0 Å². The van der Waals surface area contributed by atoms with E-state index in [9.17, 15) is 22.0 Å². The first-order valence-electron chi connectivity index (χ1n) is 3.73. The van der Waals surface area contributed by atoms with E-state index in [0.717, 1.165) is 0 Å². The summed E-state index contributed by atoms with van der Waals surface area (Å²) in [5, 5.41) is 8.51. The van der Waals surface area contributed by atoms with Gasteiger partial charge in [-0.25, -0.2) is 13.8 Å². The van der Waals surface area contributed by atoms with Gasteiger partial charge in [-0.1, -0.05) is 0 Å². The highest BCUT2D eigenvalue weighted by molar-refractivity contribution is 14.1. The molecule has 1 rings (SSSR count). The van der Waals surface area contributed by atoms with Gasteiger partial charge in [0.1, 0.15) is 15.5 Å². The average molecular weight is 348 g/mol. The third-order valence-corrected chi connectivity index (χ3v) is 2.42. The Hall–Kier alpha value is -0.980. The van der Waals surface area contributed by atoms with Crippen molar-refractivity contribution < 1.29 is 22.0 Å². The number of hydrogen-bond acceptors (Lipinski definition) is 2. The molecule has 1 aromatic rings. The molecule has 2 nitrogen and oxygen atoms in total. The van der Waals surface area contributed by atoms with Crippen molar-refractivity contribution in [3.05, 3.63) is 26.6 Å². The van der Waals surface area contributed by atoms with Crippen LogP contribution < -0.4 is 0 Å². The highest BCUT2D eigenvalue weighted by Crippen LogP contribution is 2.35. The first kappa shape index (κ1) is 13.1. The Morgan fingerprint density at radius 2 is 1.94 bits per heavy atom. The van der Waals surface area contributed by atoms with Crippen LogP contribution in [0.1, 0.15) is 23.2 Å². The first-order chi connectivity index (χ1) is 7.27. The van der Waals surface area contributed by atoms with E-state index >= 15 is 0 Å². The second kappa shape index (κ2) is 4.48. The van der Waals surface area contributed by atoms with Crippen molar-refractivity contribution in [2.24, 2.45) is 0 Å². The molecular formula is C8H2F5IN2. The van der Waals surface area contributed by atoms with Crippen LogP contribution in [0.4, 0.5) is 22.0 Å². The van der Waals surface area contributed by atoms with Gasteiger partial charge in [-0.05, 0) is 28.7 Å². The maximum Gasteiger partial charge on any atom is 0.417 e. The Labute approximate surface area is 100 Å². The van der Waals surface area contributed by atoms with Crippen molar-refractivity contribution in [1.29, 1.82) is 5.26 Å². The van der Waals surface area contributed by atoms with E-state index in [0.29, 0.717) is 0 Å². The van der Waals surface area contributed by atoms with Gasteiger partial charge in [0, 0.05) is 0 Å². The standard InChI is InChI=1S/C8H2F5IN2/c9-6(10)5-1-4(8(11,12)13)3(2-15)7(14)16-5/h1,6H. The molecule has 0 saturated heterocycles. The third-order valence-electron chi connectivity index (χ3n) is 1.64. The summed E-state index contributed by atoms with van der Waals surface area (Å²) in [4.78, 5) is 3.23. The van der Waals surface area contributed by atoms with E-state index in [2.05, 4.69) is 4.98 Å². The Kier molecular flexibility index (Phi) is 3.67. The topological polar surface area (TPSA) is 36.7 Å². The molecule has 0 aliphatic heterocycles. The SMILES string of the molecule is N#Cc1c(C(F)(F)F)cc(C(F)F)nc1I. The van der Waals surface area contributed by atoms with Crippen molar-refractivity contribution in [3.63, 3.8) is 0 Å². The Bertz CT molecular complexity index is 449. The largest absolute Gasteiger partial charge is 0.417 e. The van der Waals surface area contributed by atoms with Crippen LogP contribution in [0.3, 0.4) is 0 Å². The minimum Gasteiger partial charge on any atom is -0.239 e. The second-order valence-corrected chi connectivity index (χ2v) is 3.69. The number of rotatable bonds is 1. The summed E-state index contributed by atoms with van der Waals surface area (Å²) in [5.41, 5.74) is -3.11. The molecule has 0 aliphatic rings. The number of nitrogens with zero attached hydrogens (tertiary/aromatic N) is 2. The minimum absolute atomic E-state index is 0.200. The van der Waals surface area contributed by atoms with E-state index in [-0.39, 0.29) is 9.77 Å². The predicted molar refractivity (Wildman–Crippen MR) is 51.6 cm³/mol. The fraction of sp³-hybridized carbons (Fsp3) is 0.250. The minimum atomic E-state index is -4.85. The van der Waals surface area contributed by atoms with Gasteiger partial charge in [0.2, 0.25) is 0 Å². The molecule has 1 aromatic heterocycles. The quantitative estimate of drug-likeness (QED) is 0.443. The van der Waals surface area contributed by atoms with Crippen molar-refractivity contribution >= 4 is 22.6 Å². The van der Waals surface area contributed by atoms with E-state index in [4.69, 9.17) is 5.26 Å². The molecule has 0 bridgehead atoms. The maximum atomic E-state index is 12.4. The molecule has 0 aliphatic carbocycles. The maximum absolute atomic E-state index is 12.4. The summed E-state index contributed by atoms with van der Waals surface area (Å²) < 4.78 is 61.4. The molecule has 0 N–H and O–H groups in total. The van der Waals surface area contributed by atoms with Gasteiger partial charge >= 0.3 is 6.18 Å². The molecule has 0 amide bonds. The zero-order valence-electron chi connectivity index (χ0n) is 7.32. The summed E-state index contributed by atoms with van der Waals surface area (Å²) in [6, 6.07) is 1.50. The van der Waals surface area contributed by atoms with Crippen LogP contribution >= 0.6 is 22.6 Å². The number of aromatic nitrogens is 1. The fourth-order valence-electron chi connectivity index (χ4n) is 0.974. The van der Waals surface area contributed by atoms with E-state index in [1.54, 1.807) is 0 Å². The Balaban J connectivity index is 3.51. The van der Waals surface area contributed by atoms with Gasteiger partial charge in [-0.2, -0.15) is 18.4 Å². The number of alkyl halides is 5. The number of pyridine rings is 1. The lowest BCUT2D eigenvalue weighted by molar-refractivity contribution is -0.138. The molecule has 0 atom stereocenters. The molecule has 16 heavy (non-hydrogen) atoms. The molecule has 0 saturated carbocycles. The van der Waals surface area contributed by atoms with Crippen LogP contribution in [0.2, 0.25) is 0 Å². The van der Waals surface area contributed by atoms with Crippen molar-refractivity contribution in [2.75, 3.05) is 0 Å². The Morgan fingerprint density at radius 1 is 1.38 bits per heavy atom. The van der Waals surface area contributed by atoms with Crippen molar-refractivity contribution in [3.8, 4) is 6.07 Å². The lowest BCUT2D eigenvalue weighted by Crippen LogP contribution is -2.12. The third kappa shape index (κ3) is 2.58. The van der Waals surface area contributed by atoms with Crippen molar-refractivity contribution in [1.82, 2.24) is 4.98 Å². The highest BCUT2D eigenvalue weighted by Gasteiger charge is 2.36. The lowest BCUT2D eigenvalue weighted by Gasteiger charge is -2.11. The molecule has 0 radical (unpaired) electrons. The zero-order valence-corrected chi connectivity index (χ0v) is 9.47. The molecule has 0 spiro atoms. The monoisotopic (exact) mass is 348 g/mol. The molecule has 0 unspecified atom stereocenters. The summed E-state index contributed by atoms with van der Waals surface area (Å²) >= 11 is 1.32. The van der Waals surface area contributed by atoms with E-state index in [1.807, 2.05) is 0 Å². The molecule has 0 fully saturated rings. The normalized spacial score (nSPS) is 11.6. The van der Waals surface area contributed by atoms with Crippen LogP contribution in [-0.4, -0.2) is 4.98 Å². The lowest BCUT2D eigenvalue weighted by atomic mass is 10.1. The van der Waals surface area contributed by atoms with Gasteiger partial charge < -0.3 is 0 Å². The predicted octanol–water partition coefficient (Wildman–Crippen LogP) is 3.51. The van der Waals surface area contributed by atoms with Gasteiger partial charge in [-0.15, -0.1) is 0 Å². The number of hydrogen-bond donors (Lipinski definition) is 0. The van der Waals surface area contributed by atoms with E-state index < -0.39 is 29.4 Å². The fourth-order valence-corrected chi connectivity index (χ4v) is 1.66. The van der Waals surface area contributed by atoms with Gasteiger partial charge in [0.05, 0.1) is 11.1 Å². The molecular weight excluding hydrogens is 346 g/mol. The van der Waals surface area contributed by atoms with Crippen LogP contribution in [0.25, 0.3) is 0 Å². The van der Waals surface area contributed by atoms with Crippen LogP contribution in [0.15, 0.2) is 6.07 Å². The summed E-state index contributed by atoms with van der Waals surface area (Å²) in [7, 11) is 0. The summed E-state index contributed by atoms with van der Waals surface area (Å²) in [5.74, 6) is 0. The highest BCUT2D eigenvalue weighted by atomic mass is 127.